The molecular weight excluding hydrogens is 326 g/mol. The van der Waals surface area contributed by atoms with Crippen molar-refractivity contribution < 1.29 is 14.9 Å². The second-order valence-electron chi connectivity index (χ2n) is 5.00. The summed E-state index contributed by atoms with van der Waals surface area (Å²) in [6.45, 7) is 0. The van der Waals surface area contributed by atoms with E-state index in [1.54, 1.807) is 11.8 Å². The normalized spacial score (nSPS) is 34.9. The van der Waals surface area contributed by atoms with Gasteiger partial charge >= 0.3 is 0 Å². The van der Waals surface area contributed by atoms with Crippen molar-refractivity contribution in [2.24, 2.45) is 0 Å². The lowest BCUT2D eigenvalue weighted by Gasteiger charge is -2.17. The first-order valence-corrected chi connectivity index (χ1v) is 9.78. The Hall–Kier alpha value is -0.180. The van der Waals surface area contributed by atoms with Crippen LogP contribution in [0.15, 0.2) is 29.2 Å². The smallest absolute Gasteiger partial charge is 0.135 e. The number of hydrogen-bond acceptors (Lipinski definition) is 7. The minimum absolute atomic E-state index is 0.0264. The van der Waals surface area contributed by atoms with E-state index in [9.17, 15) is 10.2 Å². The number of aliphatic hydroxyl groups excluding tert-OH is 2. The number of nitrogens with one attached hydrogen (secondary N) is 1. The lowest BCUT2D eigenvalue weighted by molar-refractivity contribution is 0.00137. The van der Waals surface area contributed by atoms with Crippen molar-refractivity contribution >= 4 is 40.3 Å². The summed E-state index contributed by atoms with van der Waals surface area (Å²) in [6, 6.07) is 7.71. The second-order valence-corrected chi connectivity index (χ2v) is 8.20. The fraction of sp³-hybridized carbons (Fsp3) is 0.500. The molecule has 0 bridgehead atoms. The Morgan fingerprint density at radius 2 is 2.05 bits per heavy atom. The molecule has 0 aromatic heterocycles. The van der Waals surface area contributed by atoms with Crippen molar-refractivity contribution in [1.29, 1.82) is 5.41 Å². The lowest BCUT2D eigenvalue weighted by atomic mass is 10.1. The molecule has 7 heteroatoms. The van der Waals surface area contributed by atoms with E-state index in [4.69, 9.17) is 10.1 Å². The minimum atomic E-state index is -0.564. The largest absolute Gasteiger partial charge is 0.390 e. The number of benzene rings is 1. The van der Waals surface area contributed by atoms with Gasteiger partial charge in [0.1, 0.15) is 17.6 Å². The van der Waals surface area contributed by atoms with Gasteiger partial charge < -0.3 is 14.9 Å². The van der Waals surface area contributed by atoms with Gasteiger partial charge in [0.2, 0.25) is 0 Å². The van der Waals surface area contributed by atoms with Gasteiger partial charge in [-0.3, -0.25) is 5.41 Å². The molecule has 2 aliphatic heterocycles. The maximum atomic E-state index is 10.3. The fourth-order valence-electron chi connectivity index (χ4n) is 2.50. The summed E-state index contributed by atoms with van der Waals surface area (Å²) < 4.78 is 5.81. The molecule has 3 rings (SSSR count). The Balaban J connectivity index is 1.66. The van der Waals surface area contributed by atoms with E-state index >= 15 is 0 Å². The molecule has 0 unspecified atom stereocenters. The van der Waals surface area contributed by atoms with Gasteiger partial charge in [0.15, 0.2) is 0 Å². The van der Waals surface area contributed by atoms with Crippen molar-refractivity contribution in [1.82, 2.24) is 0 Å². The topological polar surface area (TPSA) is 73.5 Å². The van der Waals surface area contributed by atoms with E-state index < -0.39 is 12.2 Å². The maximum Gasteiger partial charge on any atom is 0.135 e. The van der Waals surface area contributed by atoms with Gasteiger partial charge in [-0.1, -0.05) is 23.9 Å². The molecule has 2 fully saturated rings. The standard InChI is InChI=1S/C14H17NO3S3/c1-19-13(15)7-2-4-8(5-3-7)21-14-10(17)12-11(18-14)9(16)6-20-12/h2-5,9-12,14-17H,6H2,1H3/t9-,10-,11-,12-,14+/m1/s1. The minimum Gasteiger partial charge on any atom is -0.390 e. The highest BCUT2D eigenvalue weighted by atomic mass is 32.2. The van der Waals surface area contributed by atoms with Crippen LogP contribution >= 0.6 is 35.3 Å². The fourth-order valence-corrected chi connectivity index (χ4v) is 5.41. The third kappa shape index (κ3) is 3.13. The van der Waals surface area contributed by atoms with Crippen molar-refractivity contribution in [2.45, 2.75) is 33.9 Å². The van der Waals surface area contributed by atoms with E-state index in [1.807, 2.05) is 30.5 Å². The Kier molecular flexibility index (Phi) is 4.87. The number of ether oxygens (including phenoxy) is 1. The number of thioether (sulfide) groups is 3. The number of rotatable bonds is 3. The van der Waals surface area contributed by atoms with Crippen molar-refractivity contribution in [3.05, 3.63) is 29.8 Å². The van der Waals surface area contributed by atoms with Crippen LogP contribution in [0, 0.1) is 5.41 Å². The van der Waals surface area contributed by atoms with Crippen molar-refractivity contribution in [3.8, 4) is 0 Å². The zero-order valence-corrected chi connectivity index (χ0v) is 13.9. The van der Waals surface area contributed by atoms with Crippen LogP contribution in [-0.2, 0) is 4.74 Å². The van der Waals surface area contributed by atoms with E-state index in [1.165, 1.54) is 23.5 Å². The molecule has 2 aliphatic rings. The summed E-state index contributed by atoms with van der Waals surface area (Å²) in [5, 5.41) is 28.4. The molecule has 0 radical (unpaired) electrons. The van der Waals surface area contributed by atoms with Crippen LogP contribution in [0.5, 0.6) is 0 Å². The molecule has 2 saturated heterocycles. The van der Waals surface area contributed by atoms with Crippen molar-refractivity contribution in [2.75, 3.05) is 12.0 Å². The third-order valence-electron chi connectivity index (χ3n) is 3.64. The Bertz CT molecular complexity index is 525. The molecule has 2 heterocycles. The van der Waals surface area contributed by atoms with E-state index in [0.717, 1.165) is 10.5 Å². The lowest BCUT2D eigenvalue weighted by Crippen LogP contribution is -2.29. The van der Waals surface area contributed by atoms with Crippen LogP contribution < -0.4 is 0 Å². The summed E-state index contributed by atoms with van der Waals surface area (Å²) >= 11 is 4.47. The molecule has 0 spiro atoms. The summed E-state index contributed by atoms with van der Waals surface area (Å²) in [5.74, 6) is 0.634. The molecule has 21 heavy (non-hydrogen) atoms. The quantitative estimate of drug-likeness (QED) is 0.576. The van der Waals surface area contributed by atoms with E-state index in [-0.39, 0.29) is 16.8 Å². The number of aliphatic hydroxyl groups is 2. The van der Waals surface area contributed by atoms with E-state index in [0.29, 0.717) is 10.8 Å². The number of hydrogen-bond donors (Lipinski definition) is 3. The zero-order chi connectivity index (χ0) is 15.0. The molecule has 3 N–H and O–H groups in total. The van der Waals surface area contributed by atoms with Gasteiger partial charge in [0.05, 0.1) is 16.4 Å². The Morgan fingerprint density at radius 1 is 1.33 bits per heavy atom. The zero-order valence-electron chi connectivity index (χ0n) is 11.4. The first-order valence-electron chi connectivity index (χ1n) is 6.63. The van der Waals surface area contributed by atoms with Crippen LogP contribution in [-0.4, -0.2) is 56.3 Å². The third-order valence-corrected chi connectivity index (χ3v) is 6.92. The molecule has 0 amide bonds. The van der Waals surface area contributed by atoms with Gasteiger partial charge in [0.25, 0.3) is 0 Å². The predicted molar refractivity (Wildman–Crippen MR) is 89.6 cm³/mol. The van der Waals surface area contributed by atoms with Gasteiger partial charge in [-0.15, -0.1) is 11.8 Å². The van der Waals surface area contributed by atoms with Gasteiger partial charge in [-0.05, 0) is 18.4 Å². The van der Waals surface area contributed by atoms with Gasteiger partial charge in [-0.25, -0.2) is 0 Å². The van der Waals surface area contributed by atoms with Crippen molar-refractivity contribution in [3.63, 3.8) is 0 Å². The first kappa shape index (κ1) is 15.7. The molecule has 0 aliphatic carbocycles. The SMILES string of the molecule is CSC(=N)c1ccc(S[C@@H]2O[C@H]3[C@H](SC[C@H]3O)[C@H]2O)cc1. The summed E-state index contributed by atoms with van der Waals surface area (Å²) in [7, 11) is 0. The summed E-state index contributed by atoms with van der Waals surface area (Å²) in [5.41, 5.74) is 0.552. The molecule has 114 valence electrons. The summed E-state index contributed by atoms with van der Waals surface area (Å²) in [6.07, 6.45) is 0.581. The molecule has 1 aromatic carbocycles. The molecular formula is C14H17NO3S3. The van der Waals surface area contributed by atoms with Crippen LogP contribution in [0.4, 0.5) is 0 Å². The van der Waals surface area contributed by atoms with Gasteiger partial charge in [-0.2, -0.15) is 11.8 Å². The molecule has 4 nitrogen and oxygen atoms in total. The Labute approximate surface area is 136 Å². The second kappa shape index (κ2) is 6.52. The summed E-state index contributed by atoms with van der Waals surface area (Å²) in [4.78, 5) is 0.996. The average molecular weight is 343 g/mol. The highest BCUT2D eigenvalue weighted by Gasteiger charge is 2.51. The molecule has 0 saturated carbocycles. The predicted octanol–water partition coefficient (Wildman–Crippen LogP) is 2.03. The van der Waals surface area contributed by atoms with Crippen LogP contribution in [0.3, 0.4) is 0 Å². The number of fused-ring (bicyclic) bond motifs is 1. The first-order chi connectivity index (χ1) is 10.1. The molecule has 5 atom stereocenters. The maximum absolute atomic E-state index is 10.3. The van der Waals surface area contributed by atoms with Crippen LogP contribution in [0.1, 0.15) is 5.56 Å². The monoisotopic (exact) mass is 343 g/mol. The van der Waals surface area contributed by atoms with E-state index in [2.05, 4.69) is 0 Å². The van der Waals surface area contributed by atoms with Crippen LogP contribution in [0.2, 0.25) is 0 Å². The highest BCUT2D eigenvalue weighted by molar-refractivity contribution is 8.13. The van der Waals surface area contributed by atoms with Gasteiger partial charge in [0, 0.05) is 16.2 Å². The van der Waals surface area contributed by atoms with Crippen LogP contribution in [0.25, 0.3) is 0 Å². The highest BCUT2D eigenvalue weighted by Crippen LogP contribution is 2.44. The average Bonchev–Trinajstić information content (AvgIpc) is 3.01. The molecule has 1 aromatic rings. The Morgan fingerprint density at radius 3 is 2.67 bits per heavy atom.